The molecule has 0 aromatic rings. The van der Waals surface area contributed by atoms with Crippen LogP contribution in [0.1, 0.15) is 0 Å². The van der Waals surface area contributed by atoms with Gasteiger partial charge in [-0.2, -0.15) is 0 Å². The Bertz CT molecular complexity index is 47.3. The molecule has 0 amide bonds. The normalized spacial score (nSPS) is 10.5. The van der Waals surface area contributed by atoms with E-state index in [4.69, 9.17) is 10.2 Å². The molecule has 0 aromatic carbocycles. The second kappa shape index (κ2) is 5.37. The monoisotopic (exact) mass is 137 g/mol. The first-order valence-electron chi connectivity index (χ1n) is 2.46. The third-order valence-electron chi connectivity index (χ3n) is 0.716. The zero-order chi connectivity index (χ0) is 6.41. The van der Waals surface area contributed by atoms with E-state index in [0.29, 0.717) is 13.1 Å². The van der Waals surface area contributed by atoms with Crippen molar-refractivity contribution in [1.82, 2.24) is 4.31 Å². The van der Waals surface area contributed by atoms with Gasteiger partial charge in [-0.3, -0.25) is 0 Å². The second-order valence-corrected chi connectivity index (χ2v) is 1.97. The summed E-state index contributed by atoms with van der Waals surface area (Å²) in [5, 5.41) is 16.6. The van der Waals surface area contributed by atoms with Crippen molar-refractivity contribution >= 4 is 12.8 Å². The zero-order valence-electron chi connectivity index (χ0n) is 4.62. The van der Waals surface area contributed by atoms with Gasteiger partial charge in [-0.05, 0) is 0 Å². The second-order valence-electron chi connectivity index (χ2n) is 1.40. The SMILES string of the molecule is OCCN(S)CCO. The molecule has 0 aliphatic carbocycles. The third-order valence-corrected chi connectivity index (χ3v) is 1.12. The lowest BCUT2D eigenvalue weighted by molar-refractivity contribution is 0.227. The van der Waals surface area contributed by atoms with Crippen LogP contribution in [-0.4, -0.2) is 40.8 Å². The Morgan fingerprint density at radius 1 is 1.12 bits per heavy atom. The molecule has 0 unspecified atom stereocenters. The van der Waals surface area contributed by atoms with E-state index in [0.717, 1.165) is 0 Å². The quantitative estimate of drug-likeness (QED) is 0.441. The molecule has 0 saturated heterocycles. The van der Waals surface area contributed by atoms with E-state index in [1.165, 1.54) is 0 Å². The lowest BCUT2D eigenvalue weighted by atomic mass is 10.6. The lowest BCUT2D eigenvalue weighted by Gasteiger charge is -2.09. The van der Waals surface area contributed by atoms with Crippen LogP contribution >= 0.6 is 12.8 Å². The van der Waals surface area contributed by atoms with Crippen LogP contribution in [0.3, 0.4) is 0 Å². The number of aliphatic hydroxyl groups excluding tert-OH is 2. The molecule has 2 N–H and O–H groups in total. The first kappa shape index (κ1) is 8.23. The van der Waals surface area contributed by atoms with Crippen LogP contribution in [0.5, 0.6) is 0 Å². The Labute approximate surface area is 54.5 Å². The van der Waals surface area contributed by atoms with E-state index in [1.807, 2.05) is 0 Å². The van der Waals surface area contributed by atoms with Crippen molar-refractivity contribution in [2.75, 3.05) is 26.3 Å². The summed E-state index contributed by atoms with van der Waals surface area (Å²) in [5.41, 5.74) is 0. The van der Waals surface area contributed by atoms with Crippen LogP contribution in [-0.2, 0) is 0 Å². The molecule has 8 heavy (non-hydrogen) atoms. The van der Waals surface area contributed by atoms with Gasteiger partial charge >= 0.3 is 0 Å². The van der Waals surface area contributed by atoms with Crippen molar-refractivity contribution in [3.05, 3.63) is 0 Å². The largest absolute Gasteiger partial charge is 0.395 e. The molecule has 4 heteroatoms. The van der Waals surface area contributed by atoms with Gasteiger partial charge in [0, 0.05) is 13.1 Å². The molecular formula is C4H11NO2S. The fourth-order valence-electron chi connectivity index (χ4n) is 0.343. The molecular weight excluding hydrogens is 126 g/mol. The van der Waals surface area contributed by atoms with Gasteiger partial charge < -0.3 is 10.2 Å². The Kier molecular flexibility index (Phi) is 5.52. The molecule has 0 aromatic heterocycles. The van der Waals surface area contributed by atoms with Gasteiger partial charge in [0.25, 0.3) is 0 Å². The Balaban J connectivity index is 2.92. The summed E-state index contributed by atoms with van der Waals surface area (Å²) in [5.74, 6) is 0. The highest BCUT2D eigenvalue weighted by molar-refractivity contribution is 7.77. The van der Waals surface area contributed by atoms with Gasteiger partial charge in [0.2, 0.25) is 0 Å². The van der Waals surface area contributed by atoms with Crippen LogP contribution in [0.2, 0.25) is 0 Å². The fourth-order valence-corrected chi connectivity index (χ4v) is 0.522. The highest BCUT2D eigenvalue weighted by Gasteiger charge is 1.93. The molecule has 50 valence electrons. The average molecular weight is 137 g/mol. The summed E-state index contributed by atoms with van der Waals surface area (Å²) in [6.07, 6.45) is 0. The van der Waals surface area contributed by atoms with Crippen LogP contribution in [0.4, 0.5) is 0 Å². The zero-order valence-corrected chi connectivity index (χ0v) is 5.51. The number of hydrogen-bond donors (Lipinski definition) is 3. The number of thiol groups is 1. The molecule has 3 nitrogen and oxygen atoms in total. The van der Waals surface area contributed by atoms with Gasteiger partial charge in [0.05, 0.1) is 13.2 Å². The minimum absolute atomic E-state index is 0.0868. The van der Waals surface area contributed by atoms with E-state index in [1.54, 1.807) is 4.31 Å². The predicted octanol–water partition coefficient (Wildman–Crippen LogP) is -0.882. The summed E-state index contributed by atoms with van der Waals surface area (Å²) < 4.78 is 1.56. The molecule has 0 aliphatic heterocycles. The predicted molar refractivity (Wildman–Crippen MR) is 34.7 cm³/mol. The first-order chi connectivity index (χ1) is 3.81. The van der Waals surface area contributed by atoms with E-state index in [-0.39, 0.29) is 13.2 Å². The molecule has 0 radical (unpaired) electrons. The van der Waals surface area contributed by atoms with Crippen molar-refractivity contribution in [2.24, 2.45) is 0 Å². The van der Waals surface area contributed by atoms with Crippen molar-refractivity contribution in [1.29, 1.82) is 0 Å². The first-order valence-corrected chi connectivity index (χ1v) is 2.86. The smallest absolute Gasteiger partial charge is 0.0567 e. The number of aliphatic hydroxyl groups is 2. The van der Waals surface area contributed by atoms with Crippen molar-refractivity contribution in [3.63, 3.8) is 0 Å². The maximum Gasteiger partial charge on any atom is 0.0567 e. The van der Waals surface area contributed by atoms with E-state index >= 15 is 0 Å². The van der Waals surface area contributed by atoms with E-state index < -0.39 is 0 Å². The summed E-state index contributed by atoms with van der Waals surface area (Å²) in [7, 11) is 0. The Morgan fingerprint density at radius 3 is 1.75 bits per heavy atom. The summed E-state index contributed by atoms with van der Waals surface area (Å²) in [6, 6.07) is 0. The van der Waals surface area contributed by atoms with Crippen LogP contribution in [0.15, 0.2) is 0 Å². The van der Waals surface area contributed by atoms with Crippen molar-refractivity contribution in [3.8, 4) is 0 Å². The highest BCUT2D eigenvalue weighted by Crippen LogP contribution is 1.88. The molecule has 0 atom stereocenters. The van der Waals surface area contributed by atoms with Crippen LogP contribution in [0, 0.1) is 0 Å². The minimum atomic E-state index is 0.0868. The topological polar surface area (TPSA) is 43.7 Å². The number of hydrogen-bond acceptors (Lipinski definition) is 4. The van der Waals surface area contributed by atoms with E-state index in [9.17, 15) is 0 Å². The average Bonchev–Trinajstić information content (AvgIpc) is 1.68. The molecule has 0 aliphatic rings. The number of nitrogens with zero attached hydrogens (tertiary/aromatic N) is 1. The lowest BCUT2D eigenvalue weighted by Crippen LogP contribution is -2.19. The molecule has 0 bridgehead atoms. The highest BCUT2D eigenvalue weighted by atomic mass is 32.1. The molecule has 0 saturated carbocycles. The molecule has 0 fully saturated rings. The Morgan fingerprint density at radius 2 is 1.50 bits per heavy atom. The minimum Gasteiger partial charge on any atom is -0.395 e. The maximum absolute atomic E-state index is 8.29. The molecule has 0 rings (SSSR count). The Hall–Kier alpha value is 0.230. The van der Waals surface area contributed by atoms with Crippen LogP contribution < -0.4 is 0 Å². The van der Waals surface area contributed by atoms with Gasteiger partial charge in [0.15, 0.2) is 0 Å². The molecule has 0 heterocycles. The van der Waals surface area contributed by atoms with Gasteiger partial charge in [-0.25, -0.2) is 4.31 Å². The fraction of sp³-hybridized carbons (Fsp3) is 1.00. The van der Waals surface area contributed by atoms with E-state index in [2.05, 4.69) is 12.8 Å². The number of rotatable bonds is 4. The van der Waals surface area contributed by atoms with Crippen molar-refractivity contribution in [2.45, 2.75) is 0 Å². The standard InChI is InChI=1S/C4H11NO2S/c6-3-1-5(8)2-4-7/h6-8H,1-4H2. The van der Waals surface area contributed by atoms with Crippen LogP contribution in [0.25, 0.3) is 0 Å². The summed E-state index contributed by atoms with van der Waals surface area (Å²) in [4.78, 5) is 0. The van der Waals surface area contributed by atoms with Gasteiger partial charge in [-0.1, -0.05) is 12.8 Å². The van der Waals surface area contributed by atoms with Gasteiger partial charge in [-0.15, -0.1) is 0 Å². The van der Waals surface area contributed by atoms with Crippen molar-refractivity contribution < 1.29 is 10.2 Å². The maximum atomic E-state index is 8.29. The third kappa shape index (κ3) is 4.39. The summed E-state index contributed by atoms with van der Waals surface area (Å²) in [6.45, 7) is 1.18. The molecule has 0 spiro atoms. The van der Waals surface area contributed by atoms with Gasteiger partial charge in [0.1, 0.15) is 0 Å². The summed E-state index contributed by atoms with van der Waals surface area (Å²) >= 11 is 3.90.